The van der Waals surface area contributed by atoms with Gasteiger partial charge in [0.25, 0.3) is 0 Å². The molecule has 8 heteroatoms. The monoisotopic (exact) mass is 369 g/mol. The summed E-state index contributed by atoms with van der Waals surface area (Å²) in [7, 11) is 1.90. The highest BCUT2D eigenvalue weighted by molar-refractivity contribution is 7.07. The van der Waals surface area contributed by atoms with E-state index in [4.69, 9.17) is 0 Å². The van der Waals surface area contributed by atoms with E-state index >= 15 is 0 Å². The molecule has 0 aromatic carbocycles. The molecule has 1 rings (SSSR count). The molecule has 0 radical (unpaired) electrons. The van der Waals surface area contributed by atoms with E-state index in [2.05, 4.69) is 26.3 Å². The van der Waals surface area contributed by atoms with Gasteiger partial charge in [-0.25, -0.2) is 4.98 Å². The van der Waals surface area contributed by atoms with Crippen molar-refractivity contribution in [2.24, 2.45) is 5.92 Å². The normalized spacial score (nSPS) is 14.8. The lowest BCUT2D eigenvalue weighted by Gasteiger charge is -2.24. The van der Waals surface area contributed by atoms with Gasteiger partial charge in [0, 0.05) is 30.9 Å². The highest BCUT2D eigenvalue weighted by Gasteiger charge is 2.25. The summed E-state index contributed by atoms with van der Waals surface area (Å²) >= 11 is 1.58. The number of carbonyl (C=O) groups is 2. The van der Waals surface area contributed by atoms with Crippen LogP contribution in [0.15, 0.2) is 10.9 Å². The Morgan fingerprint density at radius 3 is 2.48 bits per heavy atom. The predicted octanol–water partition coefficient (Wildman–Crippen LogP) is 0.529. The highest BCUT2D eigenvalue weighted by atomic mass is 32.1. The van der Waals surface area contributed by atoms with Crippen LogP contribution in [0.4, 0.5) is 0 Å². The molecule has 0 bridgehead atoms. The van der Waals surface area contributed by atoms with Crippen molar-refractivity contribution in [1.29, 1.82) is 0 Å². The zero-order valence-corrected chi connectivity index (χ0v) is 16.6. The summed E-state index contributed by atoms with van der Waals surface area (Å²) in [6.07, 6.45) is 0.800. The topological polar surface area (TPSA) is 95.2 Å². The van der Waals surface area contributed by atoms with Crippen LogP contribution >= 0.6 is 11.3 Å². The number of nitrogens with one attached hydrogen (secondary N) is 4. The number of thiazole rings is 1. The third-order valence-corrected chi connectivity index (χ3v) is 4.64. The SMILES string of the molecule is CCNC(=O)[C@@H](NC(=O)[C@H](C)NC[C@H](Cc1cscn1)NC)C(C)C. The van der Waals surface area contributed by atoms with Crippen LogP contribution in [-0.2, 0) is 16.0 Å². The maximum atomic E-state index is 12.4. The molecule has 142 valence electrons. The van der Waals surface area contributed by atoms with Crippen molar-refractivity contribution >= 4 is 23.2 Å². The molecule has 7 nitrogen and oxygen atoms in total. The van der Waals surface area contributed by atoms with Crippen molar-refractivity contribution in [2.75, 3.05) is 20.1 Å². The van der Waals surface area contributed by atoms with Crippen molar-refractivity contribution in [1.82, 2.24) is 26.3 Å². The van der Waals surface area contributed by atoms with Gasteiger partial charge in [-0.15, -0.1) is 11.3 Å². The Labute approximate surface area is 154 Å². The average Bonchev–Trinajstić information content (AvgIpc) is 3.08. The molecule has 0 aliphatic rings. The first-order valence-corrected chi connectivity index (χ1v) is 9.69. The molecule has 0 saturated carbocycles. The fourth-order valence-electron chi connectivity index (χ4n) is 2.38. The van der Waals surface area contributed by atoms with Gasteiger partial charge in [0.2, 0.25) is 11.8 Å². The van der Waals surface area contributed by atoms with Crippen molar-refractivity contribution in [3.63, 3.8) is 0 Å². The Balaban J connectivity index is 2.49. The van der Waals surface area contributed by atoms with E-state index in [1.54, 1.807) is 18.3 Å². The molecular weight excluding hydrogens is 338 g/mol. The molecule has 0 spiro atoms. The van der Waals surface area contributed by atoms with Crippen LogP contribution in [0.3, 0.4) is 0 Å². The van der Waals surface area contributed by atoms with Crippen LogP contribution in [0.1, 0.15) is 33.4 Å². The fourth-order valence-corrected chi connectivity index (χ4v) is 2.95. The summed E-state index contributed by atoms with van der Waals surface area (Å²) in [5.74, 6) is -0.291. The third-order valence-electron chi connectivity index (χ3n) is 4.01. The van der Waals surface area contributed by atoms with E-state index in [1.165, 1.54) is 0 Å². The molecule has 0 saturated heterocycles. The molecule has 1 heterocycles. The summed E-state index contributed by atoms with van der Waals surface area (Å²) in [6, 6.07) is -0.726. The molecule has 2 amide bonds. The Bertz CT molecular complexity index is 521. The standard InChI is InChI=1S/C17H31N5O2S/c1-6-19-17(24)15(11(2)3)22-16(23)12(4)20-8-13(18-5)7-14-9-25-10-21-14/h9-13,15,18,20H,6-8H2,1-5H3,(H,19,24)(H,22,23)/t12-,13-,15-/m0/s1. The number of aromatic nitrogens is 1. The lowest BCUT2D eigenvalue weighted by molar-refractivity contribution is -0.130. The predicted molar refractivity (Wildman–Crippen MR) is 102 cm³/mol. The van der Waals surface area contributed by atoms with Gasteiger partial charge >= 0.3 is 0 Å². The van der Waals surface area contributed by atoms with Gasteiger partial charge in [-0.3, -0.25) is 9.59 Å². The van der Waals surface area contributed by atoms with E-state index in [1.807, 2.05) is 38.7 Å². The second-order valence-electron chi connectivity index (χ2n) is 6.42. The zero-order chi connectivity index (χ0) is 18.8. The Morgan fingerprint density at radius 1 is 1.24 bits per heavy atom. The quantitative estimate of drug-likeness (QED) is 0.456. The summed E-state index contributed by atoms with van der Waals surface area (Å²) in [5.41, 5.74) is 2.86. The summed E-state index contributed by atoms with van der Waals surface area (Å²) < 4.78 is 0. The number of amides is 2. The minimum Gasteiger partial charge on any atom is -0.355 e. The number of hydrogen-bond acceptors (Lipinski definition) is 6. The third kappa shape index (κ3) is 7.50. The van der Waals surface area contributed by atoms with Crippen LogP contribution in [0.25, 0.3) is 0 Å². The molecule has 0 fully saturated rings. The molecule has 1 aromatic heterocycles. The summed E-state index contributed by atoms with van der Waals surface area (Å²) in [4.78, 5) is 28.8. The van der Waals surface area contributed by atoms with E-state index in [9.17, 15) is 9.59 Å². The molecule has 0 aliphatic heterocycles. The summed E-state index contributed by atoms with van der Waals surface area (Å²) in [5, 5.41) is 14.1. The average molecular weight is 370 g/mol. The Morgan fingerprint density at radius 2 is 1.96 bits per heavy atom. The fraction of sp³-hybridized carbons (Fsp3) is 0.706. The molecule has 1 aromatic rings. The minimum atomic E-state index is -0.521. The molecule has 0 unspecified atom stereocenters. The molecule has 4 N–H and O–H groups in total. The van der Waals surface area contributed by atoms with Gasteiger partial charge in [-0.2, -0.15) is 0 Å². The van der Waals surface area contributed by atoms with Crippen molar-refractivity contribution in [2.45, 2.75) is 52.2 Å². The van der Waals surface area contributed by atoms with Gasteiger partial charge < -0.3 is 21.3 Å². The first kappa shape index (κ1) is 21.5. The maximum Gasteiger partial charge on any atom is 0.242 e. The van der Waals surface area contributed by atoms with E-state index in [0.29, 0.717) is 13.1 Å². The second-order valence-corrected chi connectivity index (χ2v) is 7.14. The highest BCUT2D eigenvalue weighted by Crippen LogP contribution is 2.05. The first-order chi connectivity index (χ1) is 11.9. The number of hydrogen-bond donors (Lipinski definition) is 4. The van der Waals surface area contributed by atoms with Crippen molar-refractivity contribution in [3.8, 4) is 0 Å². The number of rotatable bonds is 11. The first-order valence-electron chi connectivity index (χ1n) is 8.74. The molecular formula is C17H31N5O2S. The minimum absolute atomic E-state index is 0.0254. The van der Waals surface area contributed by atoms with Gasteiger partial charge in [-0.1, -0.05) is 13.8 Å². The van der Waals surface area contributed by atoms with Crippen LogP contribution in [-0.4, -0.2) is 55.1 Å². The van der Waals surface area contributed by atoms with Crippen LogP contribution in [0, 0.1) is 5.92 Å². The van der Waals surface area contributed by atoms with Gasteiger partial charge in [0.05, 0.1) is 17.2 Å². The number of carbonyl (C=O) groups excluding carboxylic acids is 2. The number of nitrogens with zero attached hydrogens (tertiary/aromatic N) is 1. The second kappa shape index (κ2) is 11.2. The van der Waals surface area contributed by atoms with E-state index in [0.717, 1.165) is 12.1 Å². The maximum absolute atomic E-state index is 12.4. The van der Waals surface area contributed by atoms with Gasteiger partial charge in [0.1, 0.15) is 6.04 Å². The molecule has 3 atom stereocenters. The zero-order valence-electron chi connectivity index (χ0n) is 15.8. The van der Waals surface area contributed by atoms with Gasteiger partial charge in [-0.05, 0) is 26.8 Å². The van der Waals surface area contributed by atoms with Crippen LogP contribution in [0.5, 0.6) is 0 Å². The van der Waals surface area contributed by atoms with Crippen molar-refractivity contribution in [3.05, 3.63) is 16.6 Å². The van der Waals surface area contributed by atoms with E-state index < -0.39 is 6.04 Å². The Kier molecular flexibility index (Phi) is 9.62. The Hall–Kier alpha value is -1.51. The van der Waals surface area contributed by atoms with Crippen LogP contribution in [0.2, 0.25) is 0 Å². The molecule has 0 aliphatic carbocycles. The van der Waals surface area contributed by atoms with Crippen molar-refractivity contribution < 1.29 is 9.59 Å². The lowest BCUT2D eigenvalue weighted by atomic mass is 10.0. The van der Waals surface area contributed by atoms with E-state index in [-0.39, 0.29) is 29.8 Å². The van der Waals surface area contributed by atoms with Gasteiger partial charge in [0.15, 0.2) is 0 Å². The lowest BCUT2D eigenvalue weighted by Crippen LogP contribution is -2.55. The smallest absolute Gasteiger partial charge is 0.242 e. The molecule has 25 heavy (non-hydrogen) atoms. The van der Waals surface area contributed by atoms with Crippen LogP contribution < -0.4 is 21.3 Å². The largest absolute Gasteiger partial charge is 0.355 e. The summed E-state index contributed by atoms with van der Waals surface area (Å²) in [6.45, 7) is 8.69. The number of likely N-dealkylation sites (N-methyl/N-ethyl adjacent to an activating group) is 2.